The van der Waals surface area contributed by atoms with E-state index >= 15 is 0 Å². The number of ether oxygens (including phenoxy) is 1. The molecule has 1 N–H and O–H groups in total. The highest BCUT2D eigenvalue weighted by atomic mass is 19.4. The maximum atomic E-state index is 13.4. The average Bonchev–Trinajstić information content (AvgIpc) is 3.12. The maximum absolute atomic E-state index is 13.4. The number of nitrogens with one attached hydrogen (secondary N) is 1. The second kappa shape index (κ2) is 7.59. The van der Waals surface area contributed by atoms with Crippen LogP contribution in [0.25, 0.3) is 0 Å². The number of halogens is 3. The van der Waals surface area contributed by atoms with Gasteiger partial charge in [-0.25, -0.2) is 4.98 Å². The van der Waals surface area contributed by atoms with E-state index in [9.17, 15) is 18.0 Å². The lowest BCUT2D eigenvalue weighted by Gasteiger charge is -2.18. The number of carbonyl (C=O) groups is 1. The molecule has 0 radical (unpaired) electrons. The molecule has 0 unspecified atom stereocenters. The van der Waals surface area contributed by atoms with Gasteiger partial charge in [-0.15, -0.1) is 0 Å². The van der Waals surface area contributed by atoms with Crippen molar-refractivity contribution in [2.75, 3.05) is 25.0 Å². The van der Waals surface area contributed by atoms with Crippen LogP contribution in [0, 0.1) is 0 Å². The number of cyclic esters (lactones) is 1. The molecule has 0 amide bonds. The Labute approximate surface area is 147 Å². The summed E-state index contributed by atoms with van der Waals surface area (Å²) in [5.41, 5.74) is -0.118. The van der Waals surface area contributed by atoms with E-state index in [1.54, 1.807) is 24.8 Å². The van der Waals surface area contributed by atoms with Crippen LogP contribution in [0.5, 0.6) is 0 Å². The minimum Gasteiger partial charge on any atom is -0.458 e. The summed E-state index contributed by atoms with van der Waals surface area (Å²) >= 11 is 0. The van der Waals surface area contributed by atoms with Crippen LogP contribution < -0.4 is 5.32 Å². The standard InChI is InChI=1S/C17H17F3N4O2/c18-17(19,20)13-8-12(15-10-26-16(25)9-23-15)2-3-14(13)22-4-1-6-24-7-5-21-11-24/h2-3,5,7-8,11,22H,1,4,6,9-10H2. The van der Waals surface area contributed by atoms with Gasteiger partial charge in [-0.2, -0.15) is 13.2 Å². The molecule has 1 aliphatic rings. The summed E-state index contributed by atoms with van der Waals surface area (Å²) in [6.07, 6.45) is 1.26. The van der Waals surface area contributed by atoms with Crippen molar-refractivity contribution in [2.45, 2.75) is 19.1 Å². The largest absolute Gasteiger partial charge is 0.458 e. The van der Waals surface area contributed by atoms with Gasteiger partial charge in [0, 0.05) is 31.2 Å². The molecular formula is C17H17F3N4O2. The fraction of sp³-hybridized carbons (Fsp3) is 0.353. The third-order valence-corrected chi connectivity index (χ3v) is 3.89. The number of anilines is 1. The van der Waals surface area contributed by atoms with E-state index in [0.29, 0.717) is 30.8 Å². The number of imidazole rings is 1. The molecular weight excluding hydrogens is 349 g/mol. The Morgan fingerprint density at radius 2 is 2.15 bits per heavy atom. The molecule has 0 atom stereocenters. The molecule has 0 saturated carbocycles. The zero-order valence-electron chi connectivity index (χ0n) is 13.8. The molecule has 0 spiro atoms. The van der Waals surface area contributed by atoms with E-state index in [2.05, 4.69) is 15.3 Å². The van der Waals surface area contributed by atoms with Gasteiger partial charge in [0.25, 0.3) is 0 Å². The van der Waals surface area contributed by atoms with Gasteiger partial charge in [0.15, 0.2) is 0 Å². The minimum atomic E-state index is -4.51. The summed E-state index contributed by atoms with van der Waals surface area (Å²) in [6.45, 7) is 0.756. The summed E-state index contributed by atoms with van der Waals surface area (Å²) in [7, 11) is 0. The number of aryl methyl sites for hydroxylation is 1. The zero-order chi connectivity index (χ0) is 18.6. The van der Waals surface area contributed by atoms with Gasteiger partial charge >= 0.3 is 12.1 Å². The van der Waals surface area contributed by atoms with Crippen LogP contribution in [-0.2, 0) is 22.3 Å². The van der Waals surface area contributed by atoms with Gasteiger partial charge in [0.05, 0.1) is 17.6 Å². The number of nitrogens with zero attached hydrogens (tertiary/aromatic N) is 3. The molecule has 0 bridgehead atoms. The Hall–Kier alpha value is -2.84. The van der Waals surface area contributed by atoms with E-state index in [1.807, 2.05) is 4.57 Å². The monoisotopic (exact) mass is 366 g/mol. The first kappa shape index (κ1) is 18.0. The number of carbonyl (C=O) groups excluding carboxylic acids is 1. The van der Waals surface area contributed by atoms with Crippen LogP contribution in [0.1, 0.15) is 17.5 Å². The van der Waals surface area contributed by atoms with Gasteiger partial charge in [-0.05, 0) is 24.1 Å². The first-order valence-corrected chi connectivity index (χ1v) is 8.03. The number of hydrogen-bond donors (Lipinski definition) is 1. The van der Waals surface area contributed by atoms with Crippen LogP contribution in [0.2, 0.25) is 0 Å². The van der Waals surface area contributed by atoms with Crippen molar-refractivity contribution in [3.05, 3.63) is 48.0 Å². The van der Waals surface area contributed by atoms with Gasteiger partial charge < -0.3 is 14.6 Å². The lowest BCUT2D eigenvalue weighted by molar-refractivity contribution is -0.141. The summed E-state index contributed by atoms with van der Waals surface area (Å²) in [5.74, 6) is -0.485. The van der Waals surface area contributed by atoms with E-state index in [1.165, 1.54) is 6.07 Å². The fourth-order valence-corrected chi connectivity index (χ4v) is 2.59. The smallest absolute Gasteiger partial charge is 0.418 e. The lowest BCUT2D eigenvalue weighted by atomic mass is 10.0. The maximum Gasteiger partial charge on any atom is 0.418 e. The summed E-state index contributed by atoms with van der Waals surface area (Å²) < 4.78 is 46.9. The molecule has 138 valence electrons. The molecule has 26 heavy (non-hydrogen) atoms. The highest BCUT2D eigenvalue weighted by Crippen LogP contribution is 2.35. The van der Waals surface area contributed by atoms with Crippen molar-refractivity contribution in [1.29, 1.82) is 0 Å². The van der Waals surface area contributed by atoms with Gasteiger partial charge in [0.2, 0.25) is 0 Å². The van der Waals surface area contributed by atoms with Crippen molar-refractivity contribution in [3.63, 3.8) is 0 Å². The van der Waals surface area contributed by atoms with E-state index in [4.69, 9.17) is 4.74 Å². The Balaban J connectivity index is 1.71. The number of esters is 1. The van der Waals surface area contributed by atoms with Gasteiger partial charge in [-0.1, -0.05) is 6.07 Å². The third kappa shape index (κ3) is 4.41. The van der Waals surface area contributed by atoms with Crippen LogP contribution in [0.3, 0.4) is 0 Å². The van der Waals surface area contributed by atoms with Gasteiger partial charge in [0.1, 0.15) is 13.2 Å². The third-order valence-electron chi connectivity index (χ3n) is 3.89. The summed E-state index contributed by atoms with van der Waals surface area (Å²) in [4.78, 5) is 18.9. The number of aromatic nitrogens is 2. The summed E-state index contributed by atoms with van der Waals surface area (Å²) in [6, 6.07) is 3.97. The number of benzene rings is 1. The Morgan fingerprint density at radius 3 is 2.81 bits per heavy atom. The number of aliphatic imine (C=N–C) groups is 1. The van der Waals surface area contributed by atoms with Crippen molar-refractivity contribution in [2.24, 2.45) is 4.99 Å². The molecule has 6 nitrogen and oxygen atoms in total. The van der Waals surface area contributed by atoms with Crippen LogP contribution >= 0.6 is 0 Å². The van der Waals surface area contributed by atoms with E-state index in [-0.39, 0.29) is 18.8 Å². The van der Waals surface area contributed by atoms with Crippen LogP contribution in [-0.4, -0.2) is 40.9 Å². The van der Waals surface area contributed by atoms with Crippen molar-refractivity contribution >= 4 is 17.4 Å². The molecule has 3 rings (SSSR count). The molecule has 1 aliphatic heterocycles. The molecule has 0 fully saturated rings. The second-order valence-corrected chi connectivity index (χ2v) is 5.76. The molecule has 0 aliphatic carbocycles. The Morgan fingerprint density at radius 1 is 1.31 bits per heavy atom. The normalized spacial score (nSPS) is 14.7. The second-order valence-electron chi connectivity index (χ2n) is 5.76. The first-order chi connectivity index (χ1) is 12.4. The predicted octanol–water partition coefficient (Wildman–Crippen LogP) is 2.75. The minimum absolute atomic E-state index is 0.0142. The molecule has 2 aromatic rings. The molecule has 9 heteroatoms. The molecule has 1 aromatic heterocycles. The summed E-state index contributed by atoms with van der Waals surface area (Å²) in [5, 5.41) is 2.84. The highest BCUT2D eigenvalue weighted by molar-refractivity contribution is 6.04. The molecule has 0 saturated heterocycles. The average molecular weight is 366 g/mol. The first-order valence-electron chi connectivity index (χ1n) is 8.03. The molecule has 2 heterocycles. The SMILES string of the molecule is O=C1CN=C(c2ccc(NCCCn3ccnc3)c(C(F)(F)F)c2)CO1. The zero-order valence-corrected chi connectivity index (χ0v) is 13.8. The van der Waals surface area contributed by atoms with Gasteiger partial charge in [-0.3, -0.25) is 9.79 Å². The van der Waals surface area contributed by atoms with Crippen molar-refractivity contribution in [3.8, 4) is 0 Å². The van der Waals surface area contributed by atoms with Crippen molar-refractivity contribution in [1.82, 2.24) is 9.55 Å². The lowest BCUT2D eigenvalue weighted by Crippen LogP contribution is -2.24. The van der Waals surface area contributed by atoms with Crippen molar-refractivity contribution < 1.29 is 22.7 Å². The predicted molar refractivity (Wildman–Crippen MR) is 89.1 cm³/mol. The fourth-order valence-electron chi connectivity index (χ4n) is 2.59. The number of alkyl halides is 3. The van der Waals surface area contributed by atoms with E-state index < -0.39 is 17.7 Å². The molecule has 1 aromatic carbocycles. The van der Waals surface area contributed by atoms with Crippen LogP contribution in [0.15, 0.2) is 41.9 Å². The Kier molecular flexibility index (Phi) is 5.24. The van der Waals surface area contributed by atoms with Crippen LogP contribution in [0.4, 0.5) is 18.9 Å². The Bertz CT molecular complexity index is 801. The quantitative estimate of drug-likeness (QED) is 0.631. The topological polar surface area (TPSA) is 68.5 Å². The number of hydrogen-bond acceptors (Lipinski definition) is 5. The van der Waals surface area contributed by atoms with E-state index in [0.717, 1.165) is 6.07 Å². The highest BCUT2D eigenvalue weighted by Gasteiger charge is 2.34. The number of rotatable bonds is 6.